The lowest BCUT2D eigenvalue weighted by Crippen LogP contribution is -2.50. The second-order valence-electron chi connectivity index (χ2n) is 7.52. The number of rotatable bonds is 2. The molecule has 2 unspecified atom stereocenters. The minimum Gasteiger partial charge on any atom is -0.310 e. The molecule has 3 rings (SSSR count). The topological polar surface area (TPSA) is 15.3 Å². The van der Waals surface area contributed by atoms with E-state index < -0.39 is 0 Å². The maximum Gasteiger partial charge on any atom is 0.0308 e. The van der Waals surface area contributed by atoms with Gasteiger partial charge in [0.2, 0.25) is 0 Å². The second kappa shape index (κ2) is 6.13. The van der Waals surface area contributed by atoms with E-state index in [1.807, 2.05) is 0 Å². The first-order valence-corrected chi connectivity index (χ1v) is 8.75. The van der Waals surface area contributed by atoms with Crippen LogP contribution in [0, 0.1) is 11.8 Å². The van der Waals surface area contributed by atoms with E-state index in [1.54, 1.807) is 0 Å². The van der Waals surface area contributed by atoms with E-state index in [1.165, 1.54) is 84.0 Å². The van der Waals surface area contributed by atoms with Crippen LogP contribution in [0.1, 0.15) is 64.7 Å². The van der Waals surface area contributed by atoms with Crippen LogP contribution in [0.3, 0.4) is 0 Å². The van der Waals surface area contributed by atoms with Crippen molar-refractivity contribution < 1.29 is 0 Å². The predicted octanol–water partition coefficient (Wildman–Crippen LogP) is 3.42. The quantitative estimate of drug-likeness (QED) is 0.822. The predicted molar refractivity (Wildman–Crippen MR) is 81.4 cm³/mol. The zero-order valence-electron chi connectivity index (χ0n) is 12.8. The lowest BCUT2D eigenvalue weighted by atomic mass is 9.80. The van der Waals surface area contributed by atoms with Gasteiger partial charge in [0.1, 0.15) is 0 Å². The maximum absolute atomic E-state index is 3.89. The third-order valence-electron chi connectivity index (χ3n) is 6.02. The molecule has 1 spiro atoms. The van der Waals surface area contributed by atoms with Crippen molar-refractivity contribution in [1.29, 1.82) is 0 Å². The van der Waals surface area contributed by atoms with E-state index in [0.717, 1.165) is 11.8 Å². The molecule has 2 nitrogen and oxygen atoms in total. The van der Waals surface area contributed by atoms with Crippen LogP contribution >= 0.6 is 0 Å². The molecule has 3 aliphatic rings. The van der Waals surface area contributed by atoms with Crippen LogP contribution in [0.4, 0.5) is 0 Å². The molecule has 0 bridgehead atoms. The summed E-state index contributed by atoms with van der Waals surface area (Å²) in [6, 6.07) is 0. The van der Waals surface area contributed by atoms with Crippen molar-refractivity contribution in [2.24, 2.45) is 11.8 Å². The van der Waals surface area contributed by atoms with Crippen molar-refractivity contribution in [1.82, 2.24) is 10.2 Å². The van der Waals surface area contributed by atoms with Gasteiger partial charge in [-0.25, -0.2) is 0 Å². The van der Waals surface area contributed by atoms with E-state index in [2.05, 4.69) is 17.1 Å². The summed E-state index contributed by atoms with van der Waals surface area (Å²) in [4.78, 5) is 2.82. The molecule has 2 saturated carbocycles. The molecule has 2 atom stereocenters. The van der Waals surface area contributed by atoms with E-state index in [0.29, 0.717) is 5.54 Å². The fourth-order valence-corrected chi connectivity index (χ4v) is 4.76. The Balaban J connectivity index is 1.59. The summed E-state index contributed by atoms with van der Waals surface area (Å²) >= 11 is 0. The Morgan fingerprint density at radius 3 is 2.63 bits per heavy atom. The standard InChI is InChI=1S/C17H32N2/c1-15-7-2-3-8-16(15)13-19-12-6-11-18-17(14-19)9-4-5-10-17/h15-16,18H,2-14H2,1H3. The Kier molecular flexibility index (Phi) is 4.48. The van der Waals surface area contributed by atoms with E-state index >= 15 is 0 Å². The minimum atomic E-state index is 0.494. The Labute approximate surface area is 119 Å². The lowest BCUT2D eigenvalue weighted by Gasteiger charge is -2.37. The van der Waals surface area contributed by atoms with Crippen molar-refractivity contribution in [2.75, 3.05) is 26.2 Å². The third kappa shape index (κ3) is 3.33. The van der Waals surface area contributed by atoms with Crippen LogP contribution < -0.4 is 5.32 Å². The van der Waals surface area contributed by atoms with Gasteiger partial charge in [-0.05, 0) is 50.6 Å². The first-order valence-electron chi connectivity index (χ1n) is 8.75. The summed E-state index contributed by atoms with van der Waals surface area (Å²) in [6.07, 6.45) is 13.0. The highest BCUT2D eigenvalue weighted by atomic mass is 15.2. The van der Waals surface area contributed by atoms with Crippen molar-refractivity contribution in [2.45, 2.75) is 70.3 Å². The second-order valence-corrected chi connectivity index (χ2v) is 7.52. The van der Waals surface area contributed by atoms with E-state index in [-0.39, 0.29) is 0 Å². The van der Waals surface area contributed by atoms with Gasteiger partial charge in [0.25, 0.3) is 0 Å². The molecule has 1 saturated heterocycles. The van der Waals surface area contributed by atoms with Gasteiger partial charge in [0, 0.05) is 18.6 Å². The highest BCUT2D eigenvalue weighted by molar-refractivity contribution is 4.97. The fourth-order valence-electron chi connectivity index (χ4n) is 4.76. The molecule has 0 aromatic heterocycles. The molecule has 2 heteroatoms. The smallest absolute Gasteiger partial charge is 0.0308 e. The summed E-state index contributed by atoms with van der Waals surface area (Å²) < 4.78 is 0. The van der Waals surface area contributed by atoms with Gasteiger partial charge in [-0.1, -0.05) is 39.0 Å². The summed E-state index contributed by atoms with van der Waals surface area (Å²) in [5, 5.41) is 3.89. The van der Waals surface area contributed by atoms with Gasteiger partial charge in [-0.15, -0.1) is 0 Å². The van der Waals surface area contributed by atoms with E-state index in [9.17, 15) is 0 Å². The van der Waals surface area contributed by atoms with Gasteiger partial charge in [-0.3, -0.25) is 0 Å². The first kappa shape index (κ1) is 13.9. The van der Waals surface area contributed by atoms with Crippen LogP contribution in [-0.2, 0) is 0 Å². The summed E-state index contributed by atoms with van der Waals surface area (Å²) in [5.74, 6) is 1.94. The zero-order chi connectivity index (χ0) is 13.1. The average molecular weight is 264 g/mol. The van der Waals surface area contributed by atoms with Gasteiger partial charge in [0.15, 0.2) is 0 Å². The van der Waals surface area contributed by atoms with Crippen molar-refractivity contribution >= 4 is 0 Å². The molecule has 19 heavy (non-hydrogen) atoms. The number of nitrogens with zero attached hydrogens (tertiary/aromatic N) is 1. The van der Waals surface area contributed by atoms with Crippen LogP contribution in [0.2, 0.25) is 0 Å². The third-order valence-corrected chi connectivity index (χ3v) is 6.02. The van der Waals surface area contributed by atoms with Crippen LogP contribution in [0.25, 0.3) is 0 Å². The summed E-state index contributed by atoms with van der Waals surface area (Å²) in [7, 11) is 0. The molecule has 2 aliphatic carbocycles. The Hall–Kier alpha value is -0.0800. The number of nitrogens with one attached hydrogen (secondary N) is 1. The Morgan fingerprint density at radius 1 is 1.05 bits per heavy atom. The summed E-state index contributed by atoms with van der Waals surface area (Å²) in [6.45, 7) is 7.78. The molecular formula is C17H32N2. The molecule has 1 heterocycles. The molecule has 0 radical (unpaired) electrons. The molecule has 0 aromatic carbocycles. The van der Waals surface area contributed by atoms with Crippen molar-refractivity contribution in [3.05, 3.63) is 0 Å². The largest absolute Gasteiger partial charge is 0.310 e. The SMILES string of the molecule is CC1CCCCC1CN1CCCNC2(CCCC2)C1. The molecule has 0 amide bonds. The monoisotopic (exact) mass is 264 g/mol. The van der Waals surface area contributed by atoms with Crippen LogP contribution in [0.5, 0.6) is 0 Å². The van der Waals surface area contributed by atoms with Gasteiger partial charge >= 0.3 is 0 Å². The number of hydrogen-bond donors (Lipinski definition) is 1. The van der Waals surface area contributed by atoms with Crippen molar-refractivity contribution in [3.63, 3.8) is 0 Å². The molecule has 3 fully saturated rings. The van der Waals surface area contributed by atoms with Crippen LogP contribution in [-0.4, -0.2) is 36.6 Å². The van der Waals surface area contributed by atoms with Gasteiger partial charge in [0.05, 0.1) is 0 Å². The molecule has 1 N–H and O–H groups in total. The molecular weight excluding hydrogens is 232 g/mol. The molecule has 0 aromatic rings. The molecule has 110 valence electrons. The van der Waals surface area contributed by atoms with Crippen LogP contribution in [0.15, 0.2) is 0 Å². The normalized spacial score (nSPS) is 36.5. The lowest BCUT2D eigenvalue weighted by molar-refractivity contribution is 0.138. The molecule has 1 aliphatic heterocycles. The average Bonchev–Trinajstić information content (AvgIpc) is 2.76. The number of hydrogen-bond acceptors (Lipinski definition) is 2. The first-order chi connectivity index (χ1) is 9.27. The Bertz CT molecular complexity index is 283. The fraction of sp³-hybridized carbons (Fsp3) is 1.00. The van der Waals surface area contributed by atoms with Crippen molar-refractivity contribution in [3.8, 4) is 0 Å². The maximum atomic E-state index is 3.89. The van der Waals surface area contributed by atoms with E-state index in [4.69, 9.17) is 0 Å². The minimum absolute atomic E-state index is 0.494. The zero-order valence-corrected chi connectivity index (χ0v) is 12.8. The highest BCUT2D eigenvalue weighted by Crippen LogP contribution is 2.34. The highest BCUT2D eigenvalue weighted by Gasteiger charge is 2.37. The summed E-state index contributed by atoms with van der Waals surface area (Å²) in [5.41, 5.74) is 0.494. The Morgan fingerprint density at radius 2 is 1.84 bits per heavy atom. The van der Waals surface area contributed by atoms with Gasteiger partial charge in [-0.2, -0.15) is 0 Å². The van der Waals surface area contributed by atoms with Gasteiger partial charge < -0.3 is 10.2 Å².